The second-order valence-electron chi connectivity index (χ2n) is 7.44. The molecule has 0 saturated carbocycles. The smallest absolute Gasteiger partial charge is 0.161 e. The first kappa shape index (κ1) is 20.2. The molecule has 0 saturated heterocycles. The molecule has 32 heavy (non-hydrogen) atoms. The summed E-state index contributed by atoms with van der Waals surface area (Å²) < 4.78 is 5.35. The van der Waals surface area contributed by atoms with Crippen LogP contribution in [0, 0.1) is 0 Å². The largest absolute Gasteiger partial charge is 0.497 e. The van der Waals surface area contributed by atoms with Crippen molar-refractivity contribution in [3.05, 3.63) is 96.3 Å². The van der Waals surface area contributed by atoms with Gasteiger partial charge in [0.1, 0.15) is 27.4 Å². The highest BCUT2D eigenvalue weighted by Crippen LogP contribution is 2.33. The van der Waals surface area contributed by atoms with Gasteiger partial charge in [-0.1, -0.05) is 65.9 Å². The number of fused-ring (bicyclic) bond motifs is 1. The van der Waals surface area contributed by atoms with Crippen molar-refractivity contribution in [2.24, 2.45) is 0 Å². The predicted octanol–water partition coefficient (Wildman–Crippen LogP) is 6.29. The quantitative estimate of drug-likeness (QED) is 0.323. The molecule has 2 aromatic heterocycles. The Labute approximate surface area is 190 Å². The average Bonchev–Trinajstić information content (AvgIpc) is 3.29. The van der Waals surface area contributed by atoms with E-state index in [1.54, 1.807) is 24.8 Å². The number of methoxy groups -OCH3 is 1. The van der Waals surface area contributed by atoms with Crippen LogP contribution in [-0.2, 0) is 12.8 Å². The number of thiazole rings is 1. The van der Waals surface area contributed by atoms with Gasteiger partial charge < -0.3 is 10.1 Å². The van der Waals surface area contributed by atoms with Crippen LogP contribution in [0.25, 0.3) is 20.9 Å². The maximum absolute atomic E-state index is 5.35. The van der Waals surface area contributed by atoms with Crippen molar-refractivity contribution in [3.63, 3.8) is 0 Å². The molecule has 0 atom stereocenters. The maximum Gasteiger partial charge on any atom is 0.161 e. The van der Waals surface area contributed by atoms with E-state index in [0.29, 0.717) is 5.82 Å². The SMILES string of the molecule is COc1cccc(-c2nc3c(Nc4cccc(CCc5ccccc5)c4)ncnc3s2)c1. The van der Waals surface area contributed by atoms with E-state index < -0.39 is 0 Å². The van der Waals surface area contributed by atoms with E-state index in [-0.39, 0.29) is 0 Å². The number of rotatable bonds is 7. The monoisotopic (exact) mass is 438 g/mol. The topological polar surface area (TPSA) is 59.9 Å². The maximum atomic E-state index is 5.35. The van der Waals surface area contributed by atoms with Gasteiger partial charge in [0.2, 0.25) is 0 Å². The Kier molecular flexibility index (Phi) is 5.77. The molecular weight excluding hydrogens is 416 g/mol. The first-order valence-electron chi connectivity index (χ1n) is 10.4. The Morgan fingerprint density at radius 2 is 1.66 bits per heavy atom. The van der Waals surface area contributed by atoms with E-state index in [0.717, 1.165) is 45.2 Å². The van der Waals surface area contributed by atoms with Gasteiger partial charge in [0.15, 0.2) is 5.82 Å². The van der Waals surface area contributed by atoms with Crippen molar-refractivity contribution in [2.45, 2.75) is 12.8 Å². The standard InChI is InChI=1S/C26H22N4OS/c1-31-22-12-6-10-20(16-22)25-30-23-24(27-17-28-26(23)32-25)29-21-11-5-9-19(15-21)14-13-18-7-3-2-4-8-18/h2-12,15-17H,13-14H2,1H3,(H,27,28,29). The number of hydrogen-bond donors (Lipinski definition) is 1. The first-order valence-corrected chi connectivity index (χ1v) is 11.3. The minimum atomic E-state index is 0.709. The van der Waals surface area contributed by atoms with E-state index in [9.17, 15) is 0 Å². The van der Waals surface area contributed by atoms with E-state index in [4.69, 9.17) is 9.72 Å². The lowest BCUT2D eigenvalue weighted by atomic mass is 10.0. The Balaban J connectivity index is 1.39. The van der Waals surface area contributed by atoms with Crippen LogP contribution in [-0.4, -0.2) is 22.1 Å². The van der Waals surface area contributed by atoms with Gasteiger partial charge in [-0.25, -0.2) is 15.0 Å². The Hall–Kier alpha value is -3.77. The molecule has 5 nitrogen and oxygen atoms in total. The third-order valence-electron chi connectivity index (χ3n) is 5.25. The number of nitrogens with zero attached hydrogens (tertiary/aromatic N) is 3. The van der Waals surface area contributed by atoms with Crippen molar-refractivity contribution in [3.8, 4) is 16.3 Å². The normalized spacial score (nSPS) is 10.9. The minimum absolute atomic E-state index is 0.709. The fourth-order valence-corrected chi connectivity index (χ4v) is 4.50. The van der Waals surface area contributed by atoms with Gasteiger partial charge in [0, 0.05) is 11.3 Å². The summed E-state index contributed by atoms with van der Waals surface area (Å²) in [5, 5.41) is 4.33. The third kappa shape index (κ3) is 4.45. The van der Waals surface area contributed by atoms with E-state index >= 15 is 0 Å². The number of ether oxygens (including phenoxy) is 1. The van der Waals surface area contributed by atoms with Crippen LogP contribution >= 0.6 is 11.3 Å². The molecule has 0 spiro atoms. The molecule has 6 heteroatoms. The summed E-state index contributed by atoms with van der Waals surface area (Å²) in [6.07, 6.45) is 3.57. The van der Waals surface area contributed by atoms with E-state index in [1.807, 2.05) is 24.3 Å². The molecule has 0 aliphatic heterocycles. The minimum Gasteiger partial charge on any atom is -0.497 e. The summed E-state index contributed by atoms with van der Waals surface area (Å²) in [6.45, 7) is 0. The van der Waals surface area contributed by atoms with Crippen molar-refractivity contribution in [1.82, 2.24) is 15.0 Å². The number of aromatic nitrogens is 3. The zero-order valence-corrected chi connectivity index (χ0v) is 18.5. The van der Waals surface area contributed by atoms with Gasteiger partial charge in [0.05, 0.1) is 7.11 Å². The van der Waals surface area contributed by atoms with Crippen LogP contribution in [0.3, 0.4) is 0 Å². The number of benzene rings is 3. The molecule has 0 fully saturated rings. The summed E-state index contributed by atoms with van der Waals surface area (Å²) in [5.74, 6) is 1.51. The summed E-state index contributed by atoms with van der Waals surface area (Å²) in [7, 11) is 1.67. The van der Waals surface area contributed by atoms with Crippen LogP contribution in [0.2, 0.25) is 0 Å². The number of anilines is 2. The average molecular weight is 439 g/mol. The molecule has 5 rings (SSSR count). The molecular formula is C26H22N4OS. The Morgan fingerprint density at radius 1 is 0.844 bits per heavy atom. The Morgan fingerprint density at radius 3 is 2.53 bits per heavy atom. The molecule has 0 amide bonds. The lowest BCUT2D eigenvalue weighted by molar-refractivity contribution is 0.415. The van der Waals surface area contributed by atoms with E-state index in [1.165, 1.54) is 11.1 Å². The first-order chi connectivity index (χ1) is 15.8. The molecule has 2 heterocycles. The molecule has 0 radical (unpaired) electrons. The number of nitrogens with one attached hydrogen (secondary N) is 1. The molecule has 3 aromatic carbocycles. The molecule has 0 aliphatic rings. The molecule has 5 aromatic rings. The highest BCUT2D eigenvalue weighted by Gasteiger charge is 2.13. The number of hydrogen-bond acceptors (Lipinski definition) is 6. The van der Waals surface area contributed by atoms with E-state index in [2.05, 4.69) is 69.9 Å². The lowest BCUT2D eigenvalue weighted by Crippen LogP contribution is -1.97. The van der Waals surface area contributed by atoms with Gasteiger partial charge in [-0.15, -0.1) is 0 Å². The Bertz CT molecular complexity index is 1350. The third-order valence-corrected chi connectivity index (χ3v) is 6.26. The summed E-state index contributed by atoms with van der Waals surface area (Å²) >= 11 is 1.55. The fraction of sp³-hybridized carbons (Fsp3) is 0.115. The van der Waals surface area contributed by atoms with Crippen molar-refractivity contribution in [2.75, 3.05) is 12.4 Å². The zero-order valence-electron chi connectivity index (χ0n) is 17.7. The van der Waals surface area contributed by atoms with Crippen LogP contribution < -0.4 is 10.1 Å². The van der Waals surface area contributed by atoms with Gasteiger partial charge in [-0.2, -0.15) is 0 Å². The van der Waals surface area contributed by atoms with Gasteiger partial charge in [-0.05, 0) is 48.2 Å². The second kappa shape index (κ2) is 9.16. The van der Waals surface area contributed by atoms with Crippen molar-refractivity contribution in [1.29, 1.82) is 0 Å². The summed E-state index contributed by atoms with van der Waals surface area (Å²) in [5.41, 5.74) is 5.38. The van der Waals surface area contributed by atoms with Gasteiger partial charge >= 0.3 is 0 Å². The molecule has 158 valence electrons. The van der Waals surface area contributed by atoms with Crippen LogP contribution in [0.4, 0.5) is 11.5 Å². The van der Waals surface area contributed by atoms with Crippen LogP contribution in [0.1, 0.15) is 11.1 Å². The van der Waals surface area contributed by atoms with Gasteiger partial charge in [0.25, 0.3) is 0 Å². The van der Waals surface area contributed by atoms with Crippen molar-refractivity contribution < 1.29 is 4.74 Å². The number of aryl methyl sites for hydroxylation is 2. The van der Waals surface area contributed by atoms with Crippen LogP contribution in [0.5, 0.6) is 5.75 Å². The predicted molar refractivity (Wildman–Crippen MR) is 131 cm³/mol. The zero-order chi connectivity index (χ0) is 21.8. The summed E-state index contributed by atoms with van der Waals surface area (Å²) in [6, 6.07) is 26.9. The highest BCUT2D eigenvalue weighted by molar-refractivity contribution is 7.21. The molecule has 0 unspecified atom stereocenters. The lowest BCUT2D eigenvalue weighted by Gasteiger charge is -2.08. The molecule has 0 aliphatic carbocycles. The second-order valence-corrected chi connectivity index (χ2v) is 8.42. The van der Waals surface area contributed by atoms with Crippen molar-refractivity contribution >= 4 is 33.2 Å². The summed E-state index contributed by atoms with van der Waals surface area (Å²) in [4.78, 5) is 14.6. The highest BCUT2D eigenvalue weighted by atomic mass is 32.1. The molecule has 0 bridgehead atoms. The van der Waals surface area contributed by atoms with Crippen LogP contribution in [0.15, 0.2) is 85.2 Å². The van der Waals surface area contributed by atoms with Gasteiger partial charge in [-0.3, -0.25) is 0 Å². The fourth-order valence-electron chi connectivity index (χ4n) is 3.60. The molecule has 1 N–H and O–H groups in total.